The lowest BCUT2D eigenvalue weighted by Crippen LogP contribution is -2.42. The number of hydrogen-bond donors (Lipinski definition) is 0. The van der Waals surface area contributed by atoms with Crippen LogP contribution < -0.4 is 19.1 Å². The predicted octanol–water partition coefficient (Wildman–Crippen LogP) is 3.41. The number of para-hydroxylation sites is 1. The van der Waals surface area contributed by atoms with Gasteiger partial charge < -0.3 is 19.1 Å². The highest BCUT2D eigenvalue weighted by atomic mass is 16.7. The van der Waals surface area contributed by atoms with E-state index in [-0.39, 0.29) is 12.7 Å². The molecule has 0 N–H and O–H groups in total. The molecule has 0 fully saturated rings. The Morgan fingerprint density at radius 1 is 1.04 bits per heavy atom. The topological polar surface area (TPSA) is 48.0 Å². The summed E-state index contributed by atoms with van der Waals surface area (Å²) in [6, 6.07) is 11.7. The molecule has 0 aromatic heterocycles. The fourth-order valence-corrected chi connectivity index (χ4v) is 4.09. The van der Waals surface area contributed by atoms with Crippen molar-refractivity contribution in [3.05, 3.63) is 59.7 Å². The van der Waals surface area contributed by atoms with E-state index in [2.05, 4.69) is 13.0 Å². The minimum Gasteiger partial charge on any atom is -0.491 e. The van der Waals surface area contributed by atoms with E-state index in [4.69, 9.17) is 14.2 Å². The van der Waals surface area contributed by atoms with Crippen LogP contribution in [0, 0.1) is 0 Å². The number of nitrogens with zero attached hydrogens (tertiary/aromatic N) is 1. The molecule has 0 saturated heterocycles. The van der Waals surface area contributed by atoms with Gasteiger partial charge in [-0.2, -0.15) is 0 Å². The molecule has 5 nitrogen and oxygen atoms in total. The summed E-state index contributed by atoms with van der Waals surface area (Å²) in [5.74, 6) is 2.09. The fraction of sp³-hybridized carbons (Fsp3) is 0.286. The lowest BCUT2D eigenvalue weighted by molar-refractivity contribution is -0.122. The zero-order chi connectivity index (χ0) is 17.7. The van der Waals surface area contributed by atoms with E-state index in [1.165, 1.54) is 0 Å². The van der Waals surface area contributed by atoms with Crippen LogP contribution in [0.2, 0.25) is 0 Å². The van der Waals surface area contributed by atoms with Gasteiger partial charge in [0.25, 0.3) is 0 Å². The van der Waals surface area contributed by atoms with Crippen LogP contribution >= 0.6 is 0 Å². The Hall–Kier alpha value is -2.95. The van der Waals surface area contributed by atoms with E-state index in [1.54, 1.807) is 0 Å². The van der Waals surface area contributed by atoms with Crippen molar-refractivity contribution >= 4 is 11.6 Å². The Kier molecular flexibility index (Phi) is 3.26. The van der Waals surface area contributed by atoms with Crippen molar-refractivity contribution < 1.29 is 19.0 Å². The normalized spacial score (nSPS) is 22.2. The Morgan fingerprint density at radius 2 is 1.85 bits per heavy atom. The Morgan fingerprint density at radius 3 is 2.69 bits per heavy atom. The van der Waals surface area contributed by atoms with Gasteiger partial charge in [0.2, 0.25) is 12.7 Å². The van der Waals surface area contributed by atoms with Gasteiger partial charge >= 0.3 is 0 Å². The number of fused-ring (bicyclic) bond motifs is 5. The minimum absolute atomic E-state index is 0.0528. The van der Waals surface area contributed by atoms with Gasteiger partial charge in [-0.25, -0.2) is 0 Å². The summed E-state index contributed by atoms with van der Waals surface area (Å²) in [4.78, 5) is 15.4. The number of rotatable bonds is 3. The third-order valence-electron chi connectivity index (χ3n) is 5.33. The molecular formula is C21H19NO4. The van der Waals surface area contributed by atoms with Gasteiger partial charge in [0.1, 0.15) is 17.8 Å². The molecule has 0 aliphatic carbocycles. The molecule has 1 spiro atoms. The molecule has 2 aromatic carbocycles. The molecule has 0 bridgehead atoms. The van der Waals surface area contributed by atoms with Crippen LogP contribution in [0.5, 0.6) is 17.2 Å². The Balaban J connectivity index is 1.67. The zero-order valence-electron chi connectivity index (χ0n) is 14.5. The molecule has 132 valence electrons. The molecule has 3 aliphatic heterocycles. The molecule has 1 amide bonds. The molecule has 5 rings (SSSR count). The minimum atomic E-state index is -0.813. The maximum Gasteiger partial charge on any atom is 0.246 e. The summed E-state index contributed by atoms with van der Waals surface area (Å²) in [7, 11) is 0. The summed E-state index contributed by atoms with van der Waals surface area (Å²) in [6.07, 6.45) is 5.08. The summed E-state index contributed by atoms with van der Waals surface area (Å²) in [6.45, 7) is 3.14. The second-order valence-corrected chi connectivity index (χ2v) is 6.71. The number of hydrogen-bond acceptors (Lipinski definition) is 4. The van der Waals surface area contributed by atoms with Gasteiger partial charge in [0.05, 0.1) is 0 Å². The van der Waals surface area contributed by atoms with Crippen LogP contribution in [0.3, 0.4) is 0 Å². The number of amides is 1. The van der Waals surface area contributed by atoms with Crippen molar-refractivity contribution in [2.24, 2.45) is 0 Å². The maximum atomic E-state index is 13.6. The van der Waals surface area contributed by atoms with Gasteiger partial charge in [-0.3, -0.25) is 4.79 Å². The number of carbonyl (C=O) groups is 1. The molecule has 1 atom stereocenters. The summed E-state index contributed by atoms with van der Waals surface area (Å²) < 4.78 is 17.0. The van der Waals surface area contributed by atoms with Crippen LogP contribution in [0.15, 0.2) is 48.6 Å². The highest BCUT2D eigenvalue weighted by Gasteiger charge is 2.57. The number of carbonyl (C=O) groups excluding carboxylic acids is 1. The standard InChI is InChI=1S/C21H19NO4/c1-2-3-6-9-22-16-8-5-4-7-14(16)21(20(22)23)12-24-17-11-19-18(10-15(17)21)25-13-26-19/h3-8,10-11H,2,9,12-13H2,1H3. The van der Waals surface area contributed by atoms with E-state index in [0.29, 0.717) is 30.4 Å². The first-order valence-corrected chi connectivity index (χ1v) is 8.89. The van der Waals surface area contributed by atoms with Gasteiger partial charge in [0.15, 0.2) is 11.5 Å². The third kappa shape index (κ3) is 1.88. The van der Waals surface area contributed by atoms with Gasteiger partial charge in [0, 0.05) is 23.9 Å². The number of allylic oxidation sites excluding steroid dienone is 1. The van der Waals surface area contributed by atoms with Crippen LogP contribution in [0.1, 0.15) is 24.5 Å². The van der Waals surface area contributed by atoms with Crippen LogP contribution in [-0.4, -0.2) is 25.9 Å². The van der Waals surface area contributed by atoms with Crippen molar-refractivity contribution in [3.8, 4) is 17.2 Å². The largest absolute Gasteiger partial charge is 0.491 e. The Bertz CT molecular complexity index is 936. The SMILES string of the molecule is CCC=CCN1C(=O)C2(COc3cc4c(cc32)OCO4)c2ccccc21. The van der Waals surface area contributed by atoms with Gasteiger partial charge in [-0.05, 0) is 24.1 Å². The van der Waals surface area contributed by atoms with E-state index in [1.807, 2.05) is 47.4 Å². The molecule has 5 heteroatoms. The molecular weight excluding hydrogens is 330 g/mol. The molecule has 2 aromatic rings. The second-order valence-electron chi connectivity index (χ2n) is 6.71. The summed E-state index contributed by atoms with van der Waals surface area (Å²) in [5, 5.41) is 0. The first-order valence-electron chi connectivity index (χ1n) is 8.89. The average molecular weight is 349 g/mol. The summed E-state index contributed by atoms with van der Waals surface area (Å²) in [5.41, 5.74) is 1.99. The van der Waals surface area contributed by atoms with Crippen molar-refractivity contribution in [2.75, 3.05) is 24.8 Å². The predicted molar refractivity (Wildman–Crippen MR) is 97.1 cm³/mol. The van der Waals surface area contributed by atoms with Crippen molar-refractivity contribution in [2.45, 2.75) is 18.8 Å². The van der Waals surface area contributed by atoms with Crippen LogP contribution in [-0.2, 0) is 10.2 Å². The Labute approximate surface area is 151 Å². The van der Waals surface area contributed by atoms with E-state index < -0.39 is 5.41 Å². The highest BCUT2D eigenvalue weighted by Crippen LogP contribution is 2.54. The fourth-order valence-electron chi connectivity index (χ4n) is 4.09. The quantitative estimate of drug-likeness (QED) is 0.797. The van der Waals surface area contributed by atoms with E-state index in [9.17, 15) is 4.79 Å². The summed E-state index contributed by atoms with van der Waals surface area (Å²) >= 11 is 0. The third-order valence-corrected chi connectivity index (χ3v) is 5.33. The highest BCUT2D eigenvalue weighted by molar-refractivity contribution is 6.11. The molecule has 1 unspecified atom stereocenters. The first kappa shape index (κ1) is 15.3. The molecule has 3 aliphatic rings. The van der Waals surface area contributed by atoms with Crippen LogP contribution in [0.25, 0.3) is 0 Å². The number of benzene rings is 2. The monoisotopic (exact) mass is 349 g/mol. The number of anilines is 1. The molecule has 3 heterocycles. The average Bonchev–Trinajstić information content (AvgIpc) is 3.33. The van der Waals surface area contributed by atoms with Gasteiger partial charge in [-0.1, -0.05) is 37.3 Å². The van der Waals surface area contributed by atoms with E-state index in [0.717, 1.165) is 23.2 Å². The van der Waals surface area contributed by atoms with Crippen molar-refractivity contribution in [3.63, 3.8) is 0 Å². The molecule has 26 heavy (non-hydrogen) atoms. The second kappa shape index (κ2) is 5.53. The molecule has 0 radical (unpaired) electrons. The van der Waals surface area contributed by atoms with E-state index >= 15 is 0 Å². The first-order chi connectivity index (χ1) is 12.8. The zero-order valence-corrected chi connectivity index (χ0v) is 14.5. The maximum absolute atomic E-state index is 13.6. The number of ether oxygens (including phenoxy) is 3. The molecule has 0 saturated carbocycles. The lowest BCUT2D eigenvalue weighted by Gasteiger charge is -2.22. The lowest BCUT2D eigenvalue weighted by atomic mass is 9.77. The van der Waals surface area contributed by atoms with Gasteiger partial charge in [-0.15, -0.1) is 0 Å². The smallest absolute Gasteiger partial charge is 0.246 e. The van der Waals surface area contributed by atoms with Crippen molar-refractivity contribution in [1.29, 1.82) is 0 Å². The van der Waals surface area contributed by atoms with Crippen LogP contribution in [0.4, 0.5) is 5.69 Å². The van der Waals surface area contributed by atoms with Crippen molar-refractivity contribution in [1.82, 2.24) is 0 Å².